The molecular weight excluding hydrogens is 294 g/mol. The van der Waals surface area contributed by atoms with Crippen molar-refractivity contribution in [2.24, 2.45) is 0 Å². The molecule has 0 spiro atoms. The summed E-state index contributed by atoms with van der Waals surface area (Å²) >= 11 is 5.52. The average Bonchev–Trinajstić information content (AvgIpc) is 2.81. The predicted octanol–water partition coefficient (Wildman–Crippen LogP) is 4.77. The summed E-state index contributed by atoms with van der Waals surface area (Å²) in [7, 11) is 1.99. The van der Waals surface area contributed by atoms with Gasteiger partial charge in [0.15, 0.2) is 0 Å². The molecule has 0 fully saturated rings. The first kappa shape index (κ1) is 12.8. The van der Waals surface area contributed by atoms with E-state index in [4.69, 9.17) is 0 Å². The minimum atomic E-state index is 0.414. The van der Waals surface area contributed by atoms with Gasteiger partial charge in [0.05, 0.1) is 0 Å². The van der Waals surface area contributed by atoms with Gasteiger partial charge in [0.25, 0.3) is 0 Å². The first-order chi connectivity index (χ1) is 8.13. The van der Waals surface area contributed by atoms with Gasteiger partial charge in [-0.25, -0.2) is 0 Å². The highest BCUT2D eigenvalue weighted by molar-refractivity contribution is 9.10. The smallest absolute Gasteiger partial charge is 0.0383 e. The number of rotatable bonds is 3. The van der Waals surface area contributed by atoms with Gasteiger partial charge >= 0.3 is 0 Å². The van der Waals surface area contributed by atoms with Crippen molar-refractivity contribution in [3.63, 3.8) is 0 Å². The van der Waals surface area contributed by atoms with Crippen LogP contribution in [0.1, 0.15) is 23.4 Å². The maximum absolute atomic E-state index is 3.67. The van der Waals surface area contributed by atoms with Crippen LogP contribution in [0.25, 0.3) is 10.4 Å². The summed E-state index contributed by atoms with van der Waals surface area (Å²) in [5, 5.41) is 3.27. The number of aryl methyl sites for hydroxylation is 1. The van der Waals surface area contributed by atoms with Crippen molar-refractivity contribution in [3.05, 3.63) is 45.2 Å². The van der Waals surface area contributed by atoms with E-state index in [0.717, 1.165) is 0 Å². The highest BCUT2D eigenvalue weighted by atomic mass is 79.9. The summed E-state index contributed by atoms with van der Waals surface area (Å²) in [5.74, 6) is 0. The minimum absolute atomic E-state index is 0.414. The molecule has 2 rings (SSSR count). The van der Waals surface area contributed by atoms with Crippen molar-refractivity contribution < 1.29 is 0 Å². The quantitative estimate of drug-likeness (QED) is 0.861. The second-order valence-electron chi connectivity index (χ2n) is 4.15. The standard InChI is InChI=1S/C14H16BrNS/c1-9-5-4-6-11(14(9)15)13-8-7-12(17-13)10(2)16-3/h4-8,10,16H,1-3H3. The second kappa shape index (κ2) is 5.34. The number of thiophene rings is 1. The molecule has 0 saturated heterocycles. The van der Waals surface area contributed by atoms with Gasteiger partial charge in [0, 0.05) is 25.8 Å². The number of benzene rings is 1. The molecule has 90 valence electrons. The molecule has 0 bridgehead atoms. The molecule has 1 nitrogen and oxygen atoms in total. The summed E-state index contributed by atoms with van der Waals surface area (Å²) in [6.07, 6.45) is 0. The Labute approximate surface area is 115 Å². The monoisotopic (exact) mass is 309 g/mol. The maximum Gasteiger partial charge on any atom is 0.0383 e. The van der Waals surface area contributed by atoms with Crippen LogP contribution >= 0.6 is 27.3 Å². The van der Waals surface area contributed by atoms with E-state index >= 15 is 0 Å². The highest BCUT2D eigenvalue weighted by Crippen LogP contribution is 2.36. The summed E-state index contributed by atoms with van der Waals surface area (Å²) in [6.45, 7) is 4.30. The van der Waals surface area contributed by atoms with Crippen molar-refractivity contribution in [2.75, 3.05) is 7.05 Å². The van der Waals surface area contributed by atoms with E-state index in [2.05, 4.69) is 65.4 Å². The molecule has 17 heavy (non-hydrogen) atoms. The molecule has 3 heteroatoms. The predicted molar refractivity (Wildman–Crippen MR) is 79.7 cm³/mol. The highest BCUT2D eigenvalue weighted by Gasteiger charge is 2.10. The van der Waals surface area contributed by atoms with Crippen LogP contribution in [0.4, 0.5) is 0 Å². The molecular formula is C14H16BrNS. The summed E-state index contributed by atoms with van der Waals surface area (Å²) in [4.78, 5) is 2.69. The molecule has 0 saturated carbocycles. The third-order valence-electron chi connectivity index (χ3n) is 2.94. The zero-order valence-corrected chi connectivity index (χ0v) is 12.7. The largest absolute Gasteiger partial charge is 0.313 e. The molecule has 0 amide bonds. The van der Waals surface area contributed by atoms with Crippen LogP contribution in [0.2, 0.25) is 0 Å². The topological polar surface area (TPSA) is 12.0 Å². The molecule has 0 aliphatic rings. The molecule has 1 aromatic heterocycles. The first-order valence-electron chi connectivity index (χ1n) is 5.66. The van der Waals surface area contributed by atoms with Crippen LogP contribution in [0.5, 0.6) is 0 Å². The van der Waals surface area contributed by atoms with Crippen LogP contribution in [0.15, 0.2) is 34.8 Å². The second-order valence-corrected chi connectivity index (χ2v) is 6.06. The van der Waals surface area contributed by atoms with Crippen LogP contribution in [-0.4, -0.2) is 7.05 Å². The lowest BCUT2D eigenvalue weighted by atomic mass is 10.1. The fraction of sp³-hybridized carbons (Fsp3) is 0.286. The maximum atomic E-state index is 3.67. The minimum Gasteiger partial charge on any atom is -0.313 e. The summed E-state index contributed by atoms with van der Waals surface area (Å²) in [5.41, 5.74) is 2.56. The molecule has 1 aromatic carbocycles. The lowest BCUT2D eigenvalue weighted by Crippen LogP contribution is -2.10. The SMILES string of the molecule is CNC(C)c1ccc(-c2cccc(C)c2Br)s1. The third kappa shape index (κ3) is 2.62. The van der Waals surface area contributed by atoms with Crippen molar-refractivity contribution in [3.8, 4) is 10.4 Å². The Morgan fingerprint density at radius 2 is 2.00 bits per heavy atom. The Morgan fingerprint density at radius 3 is 2.71 bits per heavy atom. The molecule has 2 aromatic rings. The number of nitrogens with one attached hydrogen (secondary N) is 1. The van der Waals surface area contributed by atoms with Crippen molar-refractivity contribution >= 4 is 27.3 Å². The van der Waals surface area contributed by atoms with Crippen molar-refractivity contribution in [2.45, 2.75) is 19.9 Å². The fourth-order valence-electron chi connectivity index (χ4n) is 1.71. The number of halogens is 1. The Bertz CT molecular complexity index is 519. The molecule has 1 atom stereocenters. The van der Waals surface area contributed by atoms with E-state index in [1.165, 1.54) is 25.4 Å². The van der Waals surface area contributed by atoms with Crippen molar-refractivity contribution in [1.29, 1.82) is 0 Å². The fourth-order valence-corrected chi connectivity index (χ4v) is 3.42. The average molecular weight is 310 g/mol. The normalized spacial score (nSPS) is 12.7. The van der Waals surface area contributed by atoms with Crippen LogP contribution in [0.3, 0.4) is 0 Å². The van der Waals surface area contributed by atoms with E-state index in [9.17, 15) is 0 Å². The van der Waals surface area contributed by atoms with E-state index in [1.54, 1.807) is 0 Å². The Hall–Kier alpha value is -0.640. The molecule has 1 heterocycles. The third-order valence-corrected chi connectivity index (χ3v) is 5.30. The Morgan fingerprint density at radius 1 is 1.24 bits per heavy atom. The lowest BCUT2D eigenvalue weighted by Gasteiger charge is -2.07. The van der Waals surface area contributed by atoms with Gasteiger partial charge in [-0.15, -0.1) is 11.3 Å². The van der Waals surface area contributed by atoms with Crippen molar-refractivity contribution in [1.82, 2.24) is 5.32 Å². The molecule has 1 unspecified atom stereocenters. The first-order valence-corrected chi connectivity index (χ1v) is 7.27. The van der Waals surface area contributed by atoms with E-state index in [-0.39, 0.29) is 0 Å². The molecule has 0 radical (unpaired) electrons. The summed E-state index contributed by atoms with van der Waals surface area (Å²) < 4.78 is 1.20. The van der Waals surface area contributed by atoms with Gasteiger partial charge < -0.3 is 5.32 Å². The van der Waals surface area contributed by atoms with E-state index in [0.29, 0.717) is 6.04 Å². The molecule has 1 N–H and O–H groups in total. The zero-order chi connectivity index (χ0) is 12.4. The van der Waals surface area contributed by atoms with Gasteiger partial charge in [-0.05, 0) is 54.5 Å². The van der Waals surface area contributed by atoms with Gasteiger partial charge in [0.2, 0.25) is 0 Å². The molecule has 0 aliphatic carbocycles. The van der Waals surface area contributed by atoms with Gasteiger partial charge in [-0.3, -0.25) is 0 Å². The van der Waals surface area contributed by atoms with E-state index in [1.807, 2.05) is 18.4 Å². The van der Waals surface area contributed by atoms with Gasteiger partial charge in [0.1, 0.15) is 0 Å². The Kier molecular flexibility index (Phi) is 4.02. The zero-order valence-electron chi connectivity index (χ0n) is 10.3. The van der Waals surface area contributed by atoms with E-state index < -0.39 is 0 Å². The lowest BCUT2D eigenvalue weighted by molar-refractivity contribution is 0.664. The Balaban J connectivity index is 2.40. The molecule has 0 aliphatic heterocycles. The van der Waals surface area contributed by atoms with Crippen LogP contribution in [-0.2, 0) is 0 Å². The van der Waals surface area contributed by atoms with Gasteiger partial charge in [-0.2, -0.15) is 0 Å². The number of hydrogen-bond acceptors (Lipinski definition) is 2. The summed E-state index contributed by atoms with van der Waals surface area (Å²) in [6, 6.07) is 11.2. The number of hydrogen-bond donors (Lipinski definition) is 1. The van der Waals surface area contributed by atoms with Crippen LogP contribution < -0.4 is 5.32 Å². The van der Waals surface area contributed by atoms with Crippen LogP contribution in [0, 0.1) is 6.92 Å². The van der Waals surface area contributed by atoms with Gasteiger partial charge in [-0.1, -0.05) is 18.2 Å².